The van der Waals surface area contributed by atoms with Gasteiger partial charge in [-0.05, 0) is 25.0 Å². The first-order valence-electron chi connectivity index (χ1n) is 10.0. The third-order valence-electron chi connectivity index (χ3n) is 5.33. The van der Waals surface area contributed by atoms with Crippen LogP contribution in [0.1, 0.15) is 19.8 Å². The third-order valence-corrected chi connectivity index (χ3v) is 7.53. The van der Waals surface area contributed by atoms with E-state index in [4.69, 9.17) is 0 Å². The van der Waals surface area contributed by atoms with Gasteiger partial charge in [0.2, 0.25) is 11.0 Å². The molecular weight excluding hydrogens is 416 g/mol. The van der Waals surface area contributed by atoms with Crippen molar-refractivity contribution < 1.29 is 9.90 Å². The number of rotatable bonds is 7. The number of nitrogens with zero attached hydrogens (tertiary/aromatic N) is 4. The van der Waals surface area contributed by atoms with E-state index < -0.39 is 6.10 Å². The summed E-state index contributed by atoms with van der Waals surface area (Å²) in [4.78, 5) is 13.7. The summed E-state index contributed by atoms with van der Waals surface area (Å²) in [5.41, 5.74) is 2.25. The molecule has 4 aromatic rings. The Morgan fingerprint density at radius 1 is 1.17 bits per heavy atom. The Balaban J connectivity index is 1.30. The standard InChI is InChI=1S/C22H22N4O2S2/c1-14(27)26(15-10-11-15)21-23-24-22(30-21)29-13-16(28)12-25-19-8-4-2-6-17(19)18-7-3-5-9-20(18)25/h2-9,15-16,28H,10-13H2,1H3/t16-/m1/s1. The number of hydrogen-bond donors (Lipinski definition) is 1. The number of aromatic nitrogens is 3. The number of amides is 1. The molecule has 1 N–H and O–H groups in total. The van der Waals surface area contributed by atoms with E-state index in [1.54, 1.807) is 11.8 Å². The van der Waals surface area contributed by atoms with E-state index in [2.05, 4.69) is 39.0 Å². The monoisotopic (exact) mass is 438 g/mol. The molecule has 0 radical (unpaired) electrons. The SMILES string of the molecule is CC(=O)N(c1nnc(SC[C@H](O)Cn2c3ccccc3c3ccccc32)s1)C1CC1. The number of thioether (sulfide) groups is 1. The summed E-state index contributed by atoms with van der Waals surface area (Å²) in [5.74, 6) is 0.524. The van der Waals surface area contributed by atoms with Crippen molar-refractivity contribution in [1.82, 2.24) is 14.8 Å². The van der Waals surface area contributed by atoms with Crippen LogP contribution in [0.5, 0.6) is 0 Å². The number of hydrogen-bond acceptors (Lipinski definition) is 6. The number of benzene rings is 2. The molecule has 0 unspecified atom stereocenters. The van der Waals surface area contributed by atoms with Crippen molar-refractivity contribution in [2.45, 2.75) is 42.8 Å². The Hall–Kier alpha value is -2.42. The molecule has 0 bridgehead atoms. The van der Waals surface area contributed by atoms with Gasteiger partial charge < -0.3 is 9.67 Å². The number of aliphatic hydroxyl groups is 1. The highest BCUT2D eigenvalue weighted by atomic mass is 32.2. The van der Waals surface area contributed by atoms with Gasteiger partial charge in [0, 0.05) is 40.5 Å². The molecule has 2 heterocycles. The van der Waals surface area contributed by atoms with Crippen molar-refractivity contribution in [2.24, 2.45) is 0 Å². The van der Waals surface area contributed by atoms with Crippen molar-refractivity contribution >= 4 is 55.9 Å². The highest BCUT2D eigenvalue weighted by molar-refractivity contribution is 8.01. The molecule has 0 spiro atoms. The van der Waals surface area contributed by atoms with Crippen LogP contribution in [0, 0.1) is 0 Å². The Kier molecular flexibility index (Phi) is 5.22. The zero-order valence-corrected chi connectivity index (χ0v) is 18.2. The van der Waals surface area contributed by atoms with Crippen LogP contribution < -0.4 is 4.90 Å². The number of carbonyl (C=O) groups is 1. The fraction of sp³-hybridized carbons (Fsp3) is 0.318. The number of carbonyl (C=O) groups excluding carboxylic acids is 1. The van der Waals surface area contributed by atoms with Crippen LogP contribution >= 0.6 is 23.1 Å². The van der Waals surface area contributed by atoms with E-state index in [0.717, 1.165) is 28.2 Å². The van der Waals surface area contributed by atoms with Crippen molar-refractivity contribution in [3.8, 4) is 0 Å². The fourth-order valence-corrected chi connectivity index (χ4v) is 5.77. The molecule has 30 heavy (non-hydrogen) atoms. The van der Waals surface area contributed by atoms with Crippen molar-refractivity contribution in [3.63, 3.8) is 0 Å². The number of anilines is 1. The first-order chi connectivity index (χ1) is 14.6. The zero-order chi connectivity index (χ0) is 20.7. The van der Waals surface area contributed by atoms with Gasteiger partial charge in [0.1, 0.15) is 0 Å². The van der Waals surface area contributed by atoms with Gasteiger partial charge in [-0.25, -0.2) is 0 Å². The summed E-state index contributed by atoms with van der Waals surface area (Å²) in [6.07, 6.45) is 1.52. The van der Waals surface area contributed by atoms with Gasteiger partial charge in [-0.2, -0.15) is 0 Å². The lowest BCUT2D eigenvalue weighted by Crippen LogP contribution is -2.30. The maximum atomic E-state index is 11.9. The van der Waals surface area contributed by atoms with Gasteiger partial charge in [-0.3, -0.25) is 9.69 Å². The smallest absolute Gasteiger partial charge is 0.225 e. The molecule has 1 aliphatic rings. The van der Waals surface area contributed by atoms with E-state index >= 15 is 0 Å². The maximum Gasteiger partial charge on any atom is 0.225 e. The minimum atomic E-state index is -0.533. The summed E-state index contributed by atoms with van der Waals surface area (Å²) in [5, 5.41) is 22.2. The molecule has 6 nitrogen and oxygen atoms in total. The largest absolute Gasteiger partial charge is 0.390 e. The Morgan fingerprint density at radius 2 is 1.80 bits per heavy atom. The van der Waals surface area contributed by atoms with Gasteiger partial charge in [-0.15, -0.1) is 10.2 Å². The average Bonchev–Trinajstić information content (AvgIpc) is 3.38. The quantitative estimate of drug-likeness (QED) is 0.344. The molecule has 5 rings (SSSR count). The lowest BCUT2D eigenvalue weighted by Gasteiger charge is -2.15. The van der Waals surface area contributed by atoms with Crippen LogP contribution in [0.15, 0.2) is 52.9 Å². The molecule has 1 saturated carbocycles. The van der Waals surface area contributed by atoms with E-state index in [-0.39, 0.29) is 11.9 Å². The van der Waals surface area contributed by atoms with Crippen LogP contribution in [0.2, 0.25) is 0 Å². The van der Waals surface area contributed by atoms with Gasteiger partial charge in [0.25, 0.3) is 0 Å². The van der Waals surface area contributed by atoms with Crippen molar-refractivity contribution in [3.05, 3.63) is 48.5 Å². The van der Waals surface area contributed by atoms with Gasteiger partial charge in [-0.1, -0.05) is 59.5 Å². The van der Waals surface area contributed by atoms with E-state index in [1.807, 2.05) is 24.3 Å². The minimum absolute atomic E-state index is 0.0107. The van der Waals surface area contributed by atoms with Crippen LogP contribution in [0.25, 0.3) is 21.8 Å². The predicted octanol–water partition coefficient (Wildman–Crippen LogP) is 4.31. The Labute approximate surface area is 182 Å². The van der Waals surface area contributed by atoms with E-state index in [0.29, 0.717) is 17.4 Å². The molecule has 0 saturated heterocycles. The molecule has 1 fully saturated rings. The predicted molar refractivity (Wildman–Crippen MR) is 122 cm³/mol. The van der Waals surface area contributed by atoms with Gasteiger partial charge in [0.05, 0.1) is 12.6 Å². The number of para-hydroxylation sites is 2. The molecule has 154 valence electrons. The minimum Gasteiger partial charge on any atom is -0.390 e. The molecule has 0 aliphatic heterocycles. The van der Waals surface area contributed by atoms with Crippen molar-refractivity contribution in [1.29, 1.82) is 0 Å². The fourth-order valence-electron chi connectivity index (χ4n) is 3.87. The summed E-state index contributed by atoms with van der Waals surface area (Å²) < 4.78 is 2.96. The number of fused-ring (bicyclic) bond motifs is 3. The second-order valence-corrected chi connectivity index (χ2v) is 9.80. The molecular formula is C22H22N4O2S2. The molecule has 1 atom stereocenters. The highest BCUT2D eigenvalue weighted by Crippen LogP contribution is 2.36. The topological polar surface area (TPSA) is 71.2 Å². The summed E-state index contributed by atoms with van der Waals surface area (Å²) in [6, 6.07) is 16.9. The maximum absolute atomic E-state index is 11.9. The van der Waals surface area contributed by atoms with Crippen LogP contribution in [0.4, 0.5) is 5.13 Å². The normalized spacial score (nSPS) is 15.0. The summed E-state index contributed by atoms with van der Waals surface area (Å²) >= 11 is 2.91. The average molecular weight is 439 g/mol. The van der Waals surface area contributed by atoms with Crippen LogP contribution in [0.3, 0.4) is 0 Å². The first kappa shape index (κ1) is 19.5. The summed E-state index contributed by atoms with van der Waals surface area (Å²) in [7, 11) is 0. The Bertz CT molecular complexity index is 1160. The highest BCUT2D eigenvalue weighted by Gasteiger charge is 2.34. The zero-order valence-electron chi connectivity index (χ0n) is 16.6. The van der Waals surface area contributed by atoms with Gasteiger partial charge >= 0.3 is 0 Å². The summed E-state index contributed by atoms with van der Waals surface area (Å²) in [6.45, 7) is 2.08. The molecule has 1 amide bonds. The molecule has 8 heteroatoms. The second kappa shape index (κ2) is 8.02. The molecule has 2 aromatic heterocycles. The van der Waals surface area contributed by atoms with Crippen LogP contribution in [-0.2, 0) is 11.3 Å². The second-order valence-electron chi connectivity index (χ2n) is 7.58. The van der Waals surface area contributed by atoms with E-state index in [1.165, 1.54) is 33.9 Å². The Morgan fingerprint density at radius 3 is 2.40 bits per heavy atom. The van der Waals surface area contributed by atoms with Crippen LogP contribution in [-0.4, -0.2) is 43.7 Å². The molecule has 1 aliphatic carbocycles. The van der Waals surface area contributed by atoms with Crippen molar-refractivity contribution in [2.75, 3.05) is 10.7 Å². The number of aliphatic hydroxyl groups excluding tert-OH is 1. The molecule has 2 aromatic carbocycles. The third kappa shape index (κ3) is 3.71. The first-order valence-corrected chi connectivity index (χ1v) is 11.8. The lowest BCUT2D eigenvalue weighted by atomic mass is 10.2. The van der Waals surface area contributed by atoms with E-state index in [9.17, 15) is 9.90 Å². The van der Waals surface area contributed by atoms with Gasteiger partial charge in [0.15, 0.2) is 4.34 Å². The lowest BCUT2D eigenvalue weighted by molar-refractivity contribution is -0.116.